The zero-order valence-electron chi connectivity index (χ0n) is 11.3. The van der Waals surface area contributed by atoms with Crippen molar-refractivity contribution in [3.63, 3.8) is 0 Å². The van der Waals surface area contributed by atoms with Crippen molar-refractivity contribution in [1.29, 1.82) is 0 Å². The molecule has 0 saturated heterocycles. The number of carbonyl (C=O) groups is 1. The molecule has 4 nitrogen and oxygen atoms in total. The molecule has 0 saturated carbocycles. The summed E-state index contributed by atoms with van der Waals surface area (Å²) in [5.41, 5.74) is 0. The highest BCUT2D eigenvalue weighted by Crippen LogP contribution is 2.11. The van der Waals surface area contributed by atoms with Crippen molar-refractivity contribution in [3.8, 4) is 5.75 Å². The molecule has 0 radical (unpaired) electrons. The van der Waals surface area contributed by atoms with Gasteiger partial charge in [-0.05, 0) is 37.6 Å². The predicted molar refractivity (Wildman–Crippen MR) is 70.9 cm³/mol. The van der Waals surface area contributed by atoms with E-state index < -0.39 is 5.97 Å². The summed E-state index contributed by atoms with van der Waals surface area (Å²) in [4.78, 5) is 12.6. The summed E-state index contributed by atoms with van der Waals surface area (Å²) in [7, 11) is 0. The van der Waals surface area contributed by atoms with Crippen LogP contribution in [0.3, 0.4) is 0 Å². The fourth-order valence-corrected chi connectivity index (χ4v) is 1.70. The van der Waals surface area contributed by atoms with Gasteiger partial charge in [0.2, 0.25) is 0 Å². The second kappa shape index (κ2) is 7.74. The van der Waals surface area contributed by atoms with Crippen LogP contribution in [0.25, 0.3) is 0 Å². The van der Waals surface area contributed by atoms with Crippen LogP contribution in [0.5, 0.6) is 5.75 Å². The Morgan fingerprint density at radius 2 is 2.05 bits per heavy atom. The van der Waals surface area contributed by atoms with Crippen LogP contribution in [0.4, 0.5) is 4.39 Å². The maximum Gasteiger partial charge on any atom is 0.317 e. The van der Waals surface area contributed by atoms with E-state index in [0.29, 0.717) is 18.9 Å². The van der Waals surface area contributed by atoms with Crippen molar-refractivity contribution < 1.29 is 19.0 Å². The van der Waals surface area contributed by atoms with Crippen molar-refractivity contribution in [3.05, 3.63) is 30.1 Å². The number of hydrogen-bond acceptors (Lipinski definition) is 3. The number of aliphatic carboxylic acids is 1. The smallest absolute Gasteiger partial charge is 0.317 e. The predicted octanol–water partition coefficient (Wildman–Crippen LogP) is 2.39. The van der Waals surface area contributed by atoms with E-state index in [1.165, 1.54) is 12.1 Å². The van der Waals surface area contributed by atoms with Gasteiger partial charge in [-0.1, -0.05) is 6.92 Å². The van der Waals surface area contributed by atoms with E-state index in [2.05, 4.69) is 0 Å². The number of carboxylic acids is 1. The number of ether oxygens (including phenoxy) is 1. The third kappa shape index (κ3) is 5.70. The van der Waals surface area contributed by atoms with Gasteiger partial charge in [0, 0.05) is 12.6 Å². The average molecular weight is 269 g/mol. The summed E-state index contributed by atoms with van der Waals surface area (Å²) in [6.07, 6.45) is 0.879. The minimum atomic E-state index is -0.845. The Balaban J connectivity index is 2.43. The van der Waals surface area contributed by atoms with Crippen molar-refractivity contribution in [1.82, 2.24) is 4.90 Å². The summed E-state index contributed by atoms with van der Waals surface area (Å²) in [5, 5.41) is 8.85. The molecule has 0 amide bonds. The van der Waals surface area contributed by atoms with Crippen LogP contribution in [-0.2, 0) is 4.79 Å². The number of rotatable bonds is 8. The van der Waals surface area contributed by atoms with Crippen LogP contribution < -0.4 is 4.74 Å². The molecule has 19 heavy (non-hydrogen) atoms. The molecule has 1 atom stereocenters. The molecule has 0 spiro atoms. The summed E-state index contributed by atoms with van der Waals surface area (Å²) in [6, 6.07) is 5.96. The fraction of sp³-hybridized carbons (Fsp3) is 0.500. The number of carboxylic acid groups (broad SMARTS) is 1. The van der Waals surface area contributed by atoms with E-state index >= 15 is 0 Å². The molecule has 0 aromatic heterocycles. The molecule has 0 bridgehead atoms. The Kier molecular flexibility index (Phi) is 6.29. The van der Waals surface area contributed by atoms with Crippen LogP contribution >= 0.6 is 0 Å². The van der Waals surface area contributed by atoms with Crippen molar-refractivity contribution in [2.75, 3.05) is 19.7 Å². The monoisotopic (exact) mass is 269 g/mol. The first kappa shape index (κ1) is 15.4. The van der Waals surface area contributed by atoms with Crippen LogP contribution in [0.1, 0.15) is 20.3 Å². The van der Waals surface area contributed by atoms with E-state index in [-0.39, 0.29) is 18.4 Å². The topological polar surface area (TPSA) is 49.8 Å². The summed E-state index contributed by atoms with van der Waals surface area (Å²) >= 11 is 0. The van der Waals surface area contributed by atoms with Crippen LogP contribution in [0.15, 0.2) is 24.3 Å². The number of hydrogen-bond donors (Lipinski definition) is 1. The molecule has 0 aliphatic rings. The van der Waals surface area contributed by atoms with Gasteiger partial charge in [0.25, 0.3) is 0 Å². The van der Waals surface area contributed by atoms with Gasteiger partial charge < -0.3 is 9.84 Å². The second-order valence-electron chi connectivity index (χ2n) is 4.42. The molecule has 0 aliphatic heterocycles. The third-order valence-corrected chi connectivity index (χ3v) is 3.01. The average Bonchev–Trinajstić information content (AvgIpc) is 2.38. The van der Waals surface area contributed by atoms with Gasteiger partial charge in [-0.3, -0.25) is 9.69 Å². The highest BCUT2D eigenvalue weighted by molar-refractivity contribution is 5.69. The van der Waals surface area contributed by atoms with Crippen molar-refractivity contribution >= 4 is 5.97 Å². The van der Waals surface area contributed by atoms with Gasteiger partial charge in [-0.25, -0.2) is 4.39 Å². The first-order valence-corrected chi connectivity index (χ1v) is 6.37. The highest BCUT2D eigenvalue weighted by Gasteiger charge is 2.15. The van der Waals surface area contributed by atoms with Gasteiger partial charge >= 0.3 is 5.97 Å². The largest absolute Gasteiger partial charge is 0.492 e. The minimum Gasteiger partial charge on any atom is -0.492 e. The summed E-state index contributed by atoms with van der Waals surface area (Å²) in [5.74, 6) is -0.567. The molecule has 1 rings (SSSR count). The third-order valence-electron chi connectivity index (χ3n) is 3.01. The first-order valence-electron chi connectivity index (χ1n) is 6.37. The van der Waals surface area contributed by atoms with E-state index in [1.54, 1.807) is 12.1 Å². The second-order valence-corrected chi connectivity index (χ2v) is 4.42. The SMILES string of the molecule is CCC(C)N(CCOc1ccc(F)cc1)CC(=O)O. The lowest BCUT2D eigenvalue weighted by Crippen LogP contribution is -2.39. The molecule has 1 unspecified atom stereocenters. The van der Waals surface area contributed by atoms with Crippen molar-refractivity contribution in [2.45, 2.75) is 26.3 Å². The molecule has 0 heterocycles. The van der Waals surface area contributed by atoms with Gasteiger partial charge in [0.05, 0.1) is 6.54 Å². The molecule has 1 N–H and O–H groups in total. The Labute approximate surface area is 112 Å². The number of nitrogens with zero attached hydrogens (tertiary/aromatic N) is 1. The van der Waals surface area contributed by atoms with Crippen LogP contribution in [-0.4, -0.2) is 41.7 Å². The minimum absolute atomic E-state index is 0.00177. The highest BCUT2D eigenvalue weighted by atomic mass is 19.1. The Morgan fingerprint density at radius 3 is 2.58 bits per heavy atom. The zero-order chi connectivity index (χ0) is 14.3. The van der Waals surface area contributed by atoms with Crippen LogP contribution in [0, 0.1) is 5.82 Å². The fourth-order valence-electron chi connectivity index (χ4n) is 1.70. The normalized spacial score (nSPS) is 12.4. The van der Waals surface area contributed by atoms with Crippen molar-refractivity contribution in [2.24, 2.45) is 0 Å². The molecular weight excluding hydrogens is 249 g/mol. The Morgan fingerprint density at radius 1 is 1.42 bits per heavy atom. The van der Waals surface area contributed by atoms with Gasteiger partial charge in [-0.15, -0.1) is 0 Å². The Hall–Kier alpha value is -1.62. The molecule has 1 aromatic carbocycles. The van der Waals surface area contributed by atoms with Gasteiger partial charge in [-0.2, -0.15) is 0 Å². The number of halogens is 1. The molecule has 5 heteroatoms. The lowest BCUT2D eigenvalue weighted by atomic mass is 10.2. The van der Waals surface area contributed by atoms with E-state index in [0.717, 1.165) is 6.42 Å². The summed E-state index contributed by atoms with van der Waals surface area (Å²) < 4.78 is 18.2. The maximum absolute atomic E-state index is 12.7. The quantitative estimate of drug-likeness (QED) is 0.787. The summed E-state index contributed by atoms with van der Waals surface area (Å²) in [6.45, 7) is 4.91. The molecule has 1 aromatic rings. The first-order chi connectivity index (χ1) is 9.02. The zero-order valence-corrected chi connectivity index (χ0v) is 11.3. The lowest BCUT2D eigenvalue weighted by Gasteiger charge is -2.26. The van der Waals surface area contributed by atoms with Crippen LogP contribution in [0.2, 0.25) is 0 Å². The standard InChI is InChI=1S/C14H20FNO3/c1-3-11(2)16(10-14(17)18)8-9-19-13-6-4-12(15)5-7-13/h4-7,11H,3,8-10H2,1-2H3,(H,17,18). The van der Waals surface area contributed by atoms with Gasteiger partial charge in [0.15, 0.2) is 0 Å². The molecule has 106 valence electrons. The van der Waals surface area contributed by atoms with E-state index in [1.807, 2.05) is 18.7 Å². The molecule has 0 aliphatic carbocycles. The lowest BCUT2D eigenvalue weighted by molar-refractivity contribution is -0.139. The van der Waals surface area contributed by atoms with E-state index in [9.17, 15) is 9.18 Å². The Bertz CT molecular complexity index is 394. The molecular formula is C14H20FNO3. The molecule has 0 fully saturated rings. The van der Waals surface area contributed by atoms with Gasteiger partial charge in [0.1, 0.15) is 18.2 Å². The van der Waals surface area contributed by atoms with E-state index in [4.69, 9.17) is 9.84 Å². The maximum atomic E-state index is 12.7. The number of benzene rings is 1.